The van der Waals surface area contributed by atoms with Gasteiger partial charge in [-0.25, -0.2) is 0 Å². The Labute approximate surface area is 87.8 Å². The van der Waals surface area contributed by atoms with Crippen molar-refractivity contribution in [2.75, 3.05) is 39.9 Å². The van der Waals surface area contributed by atoms with Crippen molar-refractivity contribution >= 4 is 0 Å². The number of rotatable bonds is 7. The first-order valence-electron chi connectivity index (χ1n) is 5.82. The van der Waals surface area contributed by atoms with Gasteiger partial charge in [-0.2, -0.15) is 0 Å². The molecule has 1 fully saturated rings. The summed E-state index contributed by atoms with van der Waals surface area (Å²) in [6.45, 7) is 7.33. The van der Waals surface area contributed by atoms with Gasteiger partial charge in [-0.15, -0.1) is 0 Å². The third kappa shape index (κ3) is 4.94. The molecule has 84 valence electrons. The van der Waals surface area contributed by atoms with E-state index >= 15 is 0 Å². The molecule has 0 aliphatic carbocycles. The molecule has 0 bridgehead atoms. The lowest BCUT2D eigenvalue weighted by molar-refractivity contribution is 0.110. The SMILES string of the molecule is CCCOCCN(C)CC1CCCN1. The molecule has 0 aromatic rings. The van der Waals surface area contributed by atoms with Gasteiger partial charge in [0.05, 0.1) is 6.61 Å². The van der Waals surface area contributed by atoms with Gasteiger partial charge >= 0.3 is 0 Å². The predicted molar refractivity (Wildman–Crippen MR) is 59.6 cm³/mol. The standard InChI is InChI=1S/C11H24N2O/c1-3-8-14-9-7-13(2)10-11-5-4-6-12-11/h11-12H,3-10H2,1-2H3. The lowest BCUT2D eigenvalue weighted by Gasteiger charge is -2.20. The molecule has 0 saturated carbocycles. The largest absolute Gasteiger partial charge is 0.380 e. The molecule has 14 heavy (non-hydrogen) atoms. The van der Waals surface area contributed by atoms with Crippen LogP contribution in [-0.2, 0) is 4.74 Å². The maximum absolute atomic E-state index is 5.46. The fraction of sp³-hybridized carbons (Fsp3) is 1.00. The summed E-state index contributed by atoms with van der Waals surface area (Å²) >= 11 is 0. The number of hydrogen-bond acceptors (Lipinski definition) is 3. The smallest absolute Gasteiger partial charge is 0.0593 e. The van der Waals surface area contributed by atoms with E-state index in [9.17, 15) is 0 Å². The van der Waals surface area contributed by atoms with Crippen LogP contribution in [0, 0.1) is 0 Å². The molecule has 1 aliphatic heterocycles. The second-order valence-corrected chi connectivity index (χ2v) is 4.17. The summed E-state index contributed by atoms with van der Waals surface area (Å²) in [5.41, 5.74) is 0. The van der Waals surface area contributed by atoms with Crippen molar-refractivity contribution < 1.29 is 4.74 Å². The molecule has 1 heterocycles. The Hall–Kier alpha value is -0.120. The molecule has 1 saturated heterocycles. The summed E-state index contributed by atoms with van der Waals surface area (Å²) in [4.78, 5) is 2.36. The monoisotopic (exact) mass is 200 g/mol. The first kappa shape index (κ1) is 12.0. The van der Waals surface area contributed by atoms with E-state index in [2.05, 4.69) is 24.2 Å². The third-order valence-corrected chi connectivity index (χ3v) is 2.66. The van der Waals surface area contributed by atoms with Gasteiger partial charge in [0.15, 0.2) is 0 Å². The van der Waals surface area contributed by atoms with E-state index in [4.69, 9.17) is 4.74 Å². The molecule has 0 aromatic heterocycles. The minimum atomic E-state index is 0.714. The maximum Gasteiger partial charge on any atom is 0.0593 e. The van der Waals surface area contributed by atoms with Gasteiger partial charge in [-0.05, 0) is 32.9 Å². The molecule has 0 aromatic carbocycles. The van der Waals surface area contributed by atoms with Crippen LogP contribution in [0.15, 0.2) is 0 Å². The van der Waals surface area contributed by atoms with Crippen LogP contribution in [0.1, 0.15) is 26.2 Å². The van der Waals surface area contributed by atoms with Crippen LogP contribution >= 0.6 is 0 Å². The highest BCUT2D eigenvalue weighted by Gasteiger charge is 2.15. The normalized spacial score (nSPS) is 22.1. The van der Waals surface area contributed by atoms with Gasteiger partial charge in [0.1, 0.15) is 0 Å². The average Bonchev–Trinajstić information content (AvgIpc) is 2.65. The van der Waals surface area contributed by atoms with Gasteiger partial charge in [-0.1, -0.05) is 6.92 Å². The number of nitrogens with one attached hydrogen (secondary N) is 1. The van der Waals surface area contributed by atoms with Crippen LogP contribution in [0.5, 0.6) is 0 Å². The van der Waals surface area contributed by atoms with Crippen molar-refractivity contribution in [3.63, 3.8) is 0 Å². The van der Waals surface area contributed by atoms with Crippen molar-refractivity contribution in [1.29, 1.82) is 0 Å². The topological polar surface area (TPSA) is 24.5 Å². The van der Waals surface area contributed by atoms with Crippen molar-refractivity contribution in [2.45, 2.75) is 32.2 Å². The van der Waals surface area contributed by atoms with E-state index in [1.165, 1.54) is 19.4 Å². The number of likely N-dealkylation sites (N-methyl/N-ethyl adjacent to an activating group) is 1. The summed E-state index contributed by atoms with van der Waals surface area (Å²) in [7, 11) is 2.18. The van der Waals surface area contributed by atoms with Crippen LogP contribution in [-0.4, -0.2) is 50.8 Å². The van der Waals surface area contributed by atoms with Crippen LogP contribution < -0.4 is 5.32 Å². The highest BCUT2D eigenvalue weighted by atomic mass is 16.5. The summed E-state index contributed by atoms with van der Waals surface area (Å²) in [5.74, 6) is 0. The summed E-state index contributed by atoms with van der Waals surface area (Å²) < 4.78 is 5.46. The minimum absolute atomic E-state index is 0.714. The van der Waals surface area contributed by atoms with E-state index in [0.29, 0.717) is 6.04 Å². The fourth-order valence-electron chi connectivity index (χ4n) is 1.85. The van der Waals surface area contributed by atoms with Crippen LogP contribution in [0.3, 0.4) is 0 Å². The Kier molecular flexibility index (Phi) is 6.15. The lowest BCUT2D eigenvalue weighted by Crippen LogP contribution is -2.36. The van der Waals surface area contributed by atoms with Gasteiger partial charge in [0.25, 0.3) is 0 Å². The molecule has 1 rings (SSSR count). The first-order chi connectivity index (χ1) is 6.83. The summed E-state index contributed by atoms with van der Waals surface area (Å²) in [6, 6.07) is 0.714. The summed E-state index contributed by atoms with van der Waals surface area (Å²) in [5, 5.41) is 3.51. The lowest BCUT2D eigenvalue weighted by atomic mass is 10.2. The number of nitrogens with zero attached hydrogens (tertiary/aromatic N) is 1. The molecule has 1 unspecified atom stereocenters. The fourth-order valence-corrected chi connectivity index (χ4v) is 1.85. The van der Waals surface area contributed by atoms with Gasteiger partial charge in [-0.3, -0.25) is 0 Å². The Balaban J connectivity index is 1.95. The Bertz CT molecular complexity index is 135. The molecule has 1 atom stereocenters. The molecule has 1 aliphatic rings. The highest BCUT2D eigenvalue weighted by Crippen LogP contribution is 2.05. The minimum Gasteiger partial charge on any atom is -0.380 e. The van der Waals surface area contributed by atoms with Gasteiger partial charge < -0.3 is 15.0 Å². The highest BCUT2D eigenvalue weighted by molar-refractivity contribution is 4.76. The molecule has 3 heteroatoms. The molecule has 0 spiro atoms. The van der Waals surface area contributed by atoms with Gasteiger partial charge in [0.2, 0.25) is 0 Å². The van der Waals surface area contributed by atoms with E-state index in [1.807, 2.05) is 0 Å². The average molecular weight is 200 g/mol. The second kappa shape index (κ2) is 7.21. The number of hydrogen-bond donors (Lipinski definition) is 1. The molecule has 3 nitrogen and oxygen atoms in total. The predicted octanol–water partition coefficient (Wildman–Crippen LogP) is 1.10. The van der Waals surface area contributed by atoms with Crippen molar-refractivity contribution in [2.24, 2.45) is 0 Å². The molecule has 0 amide bonds. The molecular formula is C11H24N2O. The zero-order valence-corrected chi connectivity index (χ0v) is 9.59. The zero-order valence-electron chi connectivity index (χ0n) is 9.59. The van der Waals surface area contributed by atoms with Gasteiger partial charge in [0, 0.05) is 25.7 Å². The summed E-state index contributed by atoms with van der Waals surface area (Å²) in [6.07, 6.45) is 3.79. The zero-order chi connectivity index (χ0) is 10.2. The molecular weight excluding hydrogens is 176 g/mol. The van der Waals surface area contributed by atoms with Crippen LogP contribution in [0.25, 0.3) is 0 Å². The van der Waals surface area contributed by atoms with E-state index in [-0.39, 0.29) is 0 Å². The Morgan fingerprint density at radius 3 is 2.93 bits per heavy atom. The first-order valence-corrected chi connectivity index (χ1v) is 5.82. The van der Waals surface area contributed by atoms with Crippen molar-refractivity contribution in [3.8, 4) is 0 Å². The van der Waals surface area contributed by atoms with Crippen molar-refractivity contribution in [3.05, 3.63) is 0 Å². The van der Waals surface area contributed by atoms with E-state index in [0.717, 1.165) is 32.7 Å². The maximum atomic E-state index is 5.46. The van der Waals surface area contributed by atoms with E-state index < -0.39 is 0 Å². The van der Waals surface area contributed by atoms with Crippen molar-refractivity contribution in [1.82, 2.24) is 10.2 Å². The van der Waals surface area contributed by atoms with Crippen LogP contribution in [0.4, 0.5) is 0 Å². The quantitative estimate of drug-likeness (QED) is 0.623. The van der Waals surface area contributed by atoms with E-state index in [1.54, 1.807) is 0 Å². The molecule has 1 N–H and O–H groups in total. The third-order valence-electron chi connectivity index (χ3n) is 2.66. The second-order valence-electron chi connectivity index (χ2n) is 4.17. The van der Waals surface area contributed by atoms with Crippen LogP contribution in [0.2, 0.25) is 0 Å². The molecule has 0 radical (unpaired) electrons. The number of ether oxygens (including phenoxy) is 1. The Morgan fingerprint density at radius 2 is 2.29 bits per heavy atom. The Morgan fingerprint density at radius 1 is 1.43 bits per heavy atom.